The monoisotopic (exact) mass is 194 g/mol. The molecule has 3 atom stereocenters. The number of ether oxygens (including phenoxy) is 1. The van der Waals surface area contributed by atoms with Gasteiger partial charge in [-0.05, 0) is 6.42 Å². The number of halogens is 1. The van der Waals surface area contributed by atoms with Crippen molar-refractivity contribution in [2.45, 2.75) is 30.2 Å². The topological polar surface area (TPSA) is 46.5 Å². The zero-order chi connectivity index (χ0) is 9.14. The van der Waals surface area contributed by atoms with E-state index in [4.69, 9.17) is 9.84 Å². The van der Waals surface area contributed by atoms with Crippen molar-refractivity contribution in [1.29, 1.82) is 0 Å². The molecule has 0 radical (unpaired) electrons. The van der Waals surface area contributed by atoms with E-state index in [0.29, 0.717) is 0 Å². The molecule has 1 aliphatic rings. The first-order chi connectivity index (χ1) is 5.63. The third-order valence-electron chi connectivity index (χ3n) is 1.60. The molecule has 0 amide bonds. The lowest BCUT2D eigenvalue weighted by atomic mass is 10.2. The maximum atomic E-state index is 13.0. The molecule has 0 spiro atoms. The summed E-state index contributed by atoms with van der Waals surface area (Å²) in [6.07, 6.45) is -0.880. The molecule has 0 aliphatic carbocycles. The summed E-state index contributed by atoms with van der Waals surface area (Å²) in [6.45, 7) is 1.18. The van der Waals surface area contributed by atoms with Crippen LogP contribution >= 0.6 is 11.8 Å². The Hall–Kier alpha value is -0.290. The van der Waals surface area contributed by atoms with Crippen molar-refractivity contribution in [3.05, 3.63) is 0 Å². The maximum absolute atomic E-state index is 13.0. The van der Waals surface area contributed by atoms with Crippen molar-refractivity contribution in [2.75, 3.05) is 6.61 Å². The summed E-state index contributed by atoms with van der Waals surface area (Å²) < 4.78 is 17.7. The minimum atomic E-state index is -1.14. The highest BCUT2D eigenvalue weighted by molar-refractivity contribution is 8.00. The molecular formula is C7H11FO3S. The average molecular weight is 194 g/mol. The highest BCUT2D eigenvalue weighted by Crippen LogP contribution is 2.36. The van der Waals surface area contributed by atoms with E-state index in [1.165, 1.54) is 18.7 Å². The smallest absolute Gasteiger partial charge is 0.303 e. The van der Waals surface area contributed by atoms with E-state index >= 15 is 0 Å². The zero-order valence-corrected chi connectivity index (χ0v) is 7.51. The molecule has 1 aliphatic heterocycles. The Kier molecular flexibility index (Phi) is 3.34. The van der Waals surface area contributed by atoms with E-state index in [1.807, 2.05) is 0 Å². The van der Waals surface area contributed by atoms with Crippen LogP contribution in [0.4, 0.5) is 4.39 Å². The van der Waals surface area contributed by atoms with Gasteiger partial charge in [0, 0.05) is 12.2 Å². The Morgan fingerprint density at radius 2 is 2.50 bits per heavy atom. The van der Waals surface area contributed by atoms with Gasteiger partial charge in [0.25, 0.3) is 0 Å². The molecule has 0 aromatic heterocycles. The van der Waals surface area contributed by atoms with Gasteiger partial charge >= 0.3 is 5.97 Å². The van der Waals surface area contributed by atoms with Crippen LogP contribution in [0.15, 0.2) is 0 Å². The van der Waals surface area contributed by atoms with Crippen LogP contribution in [0.1, 0.15) is 13.3 Å². The van der Waals surface area contributed by atoms with Gasteiger partial charge in [0.05, 0.1) is 6.61 Å². The Labute approximate surface area is 74.3 Å². The lowest BCUT2D eigenvalue weighted by molar-refractivity contribution is -0.144. The summed E-state index contributed by atoms with van der Waals surface area (Å²) in [5, 5.41) is 8.57. The number of hydrogen-bond donors (Lipinski definition) is 1. The second-order valence-corrected chi connectivity index (χ2v) is 4.07. The first kappa shape index (κ1) is 9.80. The largest absolute Gasteiger partial charge is 0.448 e. The predicted molar refractivity (Wildman–Crippen MR) is 43.5 cm³/mol. The maximum Gasteiger partial charge on any atom is 0.303 e. The molecule has 1 heterocycles. The summed E-state index contributed by atoms with van der Waals surface area (Å²) in [6, 6.07) is 0. The van der Waals surface area contributed by atoms with Gasteiger partial charge in [-0.15, -0.1) is 11.8 Å². The zero-order valence-electron chi connectivity index (χ0n) is 6.70. The number of aliphatic hydroxyl groups is 1. The van der Waals surface area contributed by atoms with Crippen molar-refractivity contribution in [3.8, 4) is 0 Å². The van der Waals surface area contributed by atoms with Gasteiger partial charge < -0.3 is 9.84 Å². The molecule has 12 heavy (non-hydrogen) atoms. The van der Waals surface area contributed by atoms with Crippen LogP contribution in [0.5, 0.6) is 0 Å². The van der Waals surface area contributed by atoms with Crippen molar-refractivity contribution in [2.24, 2.45) is 0 Å². The first-order valence-corrected chi connectivity index (χ1v) is 4.65. The molecule has 3 nitrogen and oxygen atoms in total. The fraction of sp³-hybridized carbons (Fsp3) is 0.857. The molecule has 70 valence electrons. The number of thioether (sulfide) groups is 1. The van der Waals surface area contributed by atoms with Gasteiger partial charge in [0.15, 0.2) is 5.44 Å². The fourth-order valence-electron chi connectivity index (χ4n) is 1.08. The quantitative estimate of drug-likeness (QED) is 0.658. The third-order valence-corrected chi connectivity index (χ3v) is 2.98. The molecule has 1 saturated heterocycles. The lowest BCUT2D eigenvalue weighted by Gasteiger charge is -2.11. The molecule has 5 heteroatoms. The second-order valence-electron chi connectivity index (χ2n) is 2.67. The summed E-state index contributed by atoms with van der Waals surface area (Å²) in [5.74, 6) is -0.478. The number of hydrogen-bond acceptors (Lipinski definition) is 4. The first-order valence-electron chi connectivity index (χ1n) is 3.71. The normalized spacial score (nSPS) is 35.1. The van der Waals surface area contributed by atoms with Crippen LogP contribution in [0.2, 0.25) is 0 Å². The number of carbonyl (C=O) groups excluding carboxylic acids is 1. The van der Waals surface area contributed by atoms with E-state index in [9.17, 15) is 9.18 Å². The van der Waals surface area contributed by atoms with Gasteiger partial charge in [0.2, 0.25) is 0 Å². The Morgan fingerprint density at radius 3 is 2.92 bits per heavy atom. The van der Waals surface area contributed by atoms with E-state index in [2.05, 4.69) is 0 Å². The number of aliphatic hydroxyl groups excluding tert-OH is 1. The van der Waals surface area contributed by atoms with Gasteiger partial charge in [-0.3, -0.25) is 4.79 Å². The number of esters is 1. The predicted octanol–water partition coefficient (Wildman–Crippen LogP) is 0.712. The highest BCUT2D eigenvalue weighted by Gasteiger charge is 2.36. The summed E-state index contributed by atoms with van der Waals surface area (Å²) in [5.41, 5.74) is -0.723. The van der Waals surface area contributed by atoms with E-state index in [1.54, 1.807) is 0 Å². The molecular weight excluding hydrogens is 183 g/mol. The van der Waals surface area contributed by atoms with Crippen LogP contribution in [0.25, 0.3) is 0 Å². The van der Waals surface area contributed by atoms with E-state index in [0.717, 1.165) is 0 Å². The van der Waals surface area contributed by atoms with Gasteiger partial charge in [0.1, 0.15) is 6.17 Å². The molecule has 1 fully saturated rings. The summed E-state index contributed by atoms with van der Waals surface area (Å²) >= 11 is 1.18. The number of alkyl halides is 1. The number of rotatable bonds is 2. The standard InChI is InChI=1S/C7H11FO3S/c1-4(10)11-7-6(8)2-5(3-9)12-7/h5-7,9H,2-3H2,1H3. The highest BCUT2D eigenvalue weighted by atomic mass is 32.2. The van der Waals surface area contributed by atoms with Gasteiger partial charge in [-0.2, -0.15) is 0 Å². The molecule has 0 saturated carbocycles. The second kappa shape index (κ2) is 4.09. The van der Waals surface area contributed by atoms with Crippen molar-refractivity contribution < 1.29 is 19.0 Å². The number of carbonyl (C=O) groups is 1. The summed E-state index contributed by atoms with van der Waals surface area (Å²) in [7, 11) is 0. The van der Waals surface area contributed by atoms with Crippen LogP contribution in [0, 0.1) is 0 Å². The molecule has 0 bridgehead atoms. The van der Waals surface area contributed by atoms with Crippen molar-refractivity contribution in [3.63, 3.8) is 0 Å². The van der Waals surface area contributed by atoms with Gasteiger partial charge in [-0.1, -0.05) is 0 Å². The fourth-order valence-corrected chi connectivity index (χ4v) is 2.31. The minimum Gasteiger partial charge on any atom is -0.448 e. The Morgan fingerprint density at radius 1 is 1.83 bits per heavy atom. The van der Waals surface area contributed by atoms with Crippen molar-refractivity contribution in [1.82, 2.24) is 0 Å². The van der Waals surface area contributed by atoms with Crippen LogP contribution < -0.4 is 0 Å². The summed E-state index contributed by atoms with van der Waals surface area (Å²) in [4.78, 5) is 10.5. The Balaban J connectivity index is 2.40. The lowest BCUT2D eigenvalue weighted by Crippen LogP contribution is -2.18. The minimum absolute atomic E-state index is 0.0666. The van der Waals surface area contributed by atoms with E-state index < -0.39 is 17.6 Å². The van der Waals surface area contributed by atoms with Gasteiger partial charge in [-0.25, -0.2) is 4.39 Å². The van der Waals surface area contributed by atoms with Crippen LogP contribution in [-0.2, 0) is 9.53 Å². The van der Waals surface area contributed by atoms with Crippen LogP contribution in [-0.4, -0.2) is 34.5 Å². The van der Waals surface area contributed by atoms with E-state index in [-0.39, 0.29) is 18.3 Å². The average Bonchev–Trinajstić information content (AvgIpc) is 2.31. The molecule has 3 unspecified atom stereocenters. The molecule has 1 N–H and O–H groups in total. The third kappa shape index (κ3) is 2.35. The SMILES string of the molecule is CC(=O)OC1SC(CO)CC1F. The van der Waals surface area contributed by atoms with Crippen LogP contribution in [0.3, 0.4) is 0 Å². The Bertz CT molecular complexity index is 176. The molecule has 0 aromatic rings. The van der Waals surface area contributed by atoms with Crippen molar-refractivity contribution >= 4 is 17.7 Å². The molecule has 0 aromatic carbocycles. The molecule has 1 rings (SSSR count).